The molecule has 0 atom stereocenters. The molecule has 1 aliphatic heterocycles. The Bertz CT molecular complexity index is 576. The average molecular weight is 375 g/mol. The van der Waals surface area contributed by atoms with Crippen molar-refractivity contribution in [1.82, 2.24) is 15.2 Å². The molecule has 1 aromatic rings. The van der Waals surface area contributed by atoms with Crippen LogP contribution in [0.5, 0.6) is 5.88 Å². The zero-order valence-electron chi connectivity index (χ0n) is 16.8. The number of pyridine rings is 1. The van der Waals surface area contributed by atoms with E-state index in [1.807, 2.05) is 12.3 Å². The second-order valence-electron chi connectivity index (χ2n) is 7.34. The first-order valence-electron chi connectivity index (χ1n) is 10.5. The molecule has 0 aromatic carbocycles. The van der Waals surface area contributed by atoms with Crippen molar-refractivity contribution in [3.63, 3.8) is 0 Å². The van der Waals surface area contributed by atoms with E-state index in [2.05, 4.69) is 35.1 Å². The molecule has 1 aliphatic carbocycles. The fraction of sp³-hybridized carbons (Fsp3) is 0.714. The zero-order chi connectivity index (χ0) is 18.9. The lowest BCUT2D eigenvalue weighted by atomic mass is 10.1. The van der Waals surface area contributed by atoms with Crippen molar-refractivity contribution >= 4 is 5.96 Å². The van der Waals surface area contributed by atoms with Gasteiger partial charge in [-0.3, -0.25) is 0 Å². The normalized spacial score (nSPS) is 19.5. The lowest BCUT2D eigenvalue weighted by Gasteiger charge is -2.34. The van der Waals surface area contributed by atoms with Gasteiger partial charge < -0.3 is 19.7 Å². The molecule has 3 rings (SSSR count). The van der Waals surface area contributed by atoms with Crippen LogP contribution in [0.2, 0.25) is 0 Å². The standard InChI is InChI=1S/C21H34N4O2/c1-3-22-21(25-13-11-18(12-14-25)26-4-2)24-16-17-9-10-20(23-15-17)27-19-7-5-6-8-19/h9-10,15,18-19H,3-8,11-14,16H2,1-2H3,(H,22,24). The number of likely N-dealkylation sites (tertiary alicyclic amines) is 1. The Labute approximate surface area is 163 Å². The van der Waals surface area contributed by atoms with Crippen LogP contribution in [-0.2, 0) is 11.3 Å². The number of hydrogen-bond acceptors (Lipinski definition) is 4. The molecule has 27 heavy (non-hydrogen) atoms. The highest BCUT2D eigenvalue weighted by molar-refractivity contribution is 5.80. The van der Waals surface area contributed by atoms with Crippen LogP contribution in [0, 0.1) is 0 Å². The Morgan fingerprint density at radius 2 is 1.93 bits per heavy atom. The number of nitrogens with zero attached hydrogens (tertiary/aromatic N) is 3. The van der Waals surface area contributed by atoms with Crippen LogP contribution >= 0.6 is 0 Å². The Morgan fingerprint density at radius 3 is 2.56 bits per heavy atom. The molecule has 150 valence electrons. The summed E-state index contributed by atoms with van der Waals surface area (Å²) in [6, 6.07) is 4.05. The van der Waals surface area contributed by atoms with Crippen molar-refractivity contribution in [2.75, 3.05) is 26.2 Å². The van der Waals surface area contributed by atoms with Gasteiger partial charge in [0, 0.05) is 38.5 Å². The van der Waals surface area contributed by atoms with Crippen LogP contribution in [0.3, 0.4) is 0 Å². The summed E-state index contributed by atoms with van der Waals surface area (Å²) in [4.78, 5) is 11.6. The van der Waals surface area contributed by atoms with Crippen molar-refractivity contribution < 1.29 is 9.47 Å². The van der Waals surface area contributed by atoms with Gasteiger partial charge in [-0.15, -0.1) is 0 Å². The molecule has 2 heterocycles. The highest BCUT2D eigenvalue weighted by Gasteiger charge is 2.21. The van der Waals surface area contributed by atoms with Gasteiger partial charge in [0.05, 0.1) is 12.6 Å². The zero-order valence-corrected chi connectivity index (χ0v) is 16.8. The van der Waals surface area contributed by atoms with E-state index in [1.54, 1.807) is 0 Å². The van der Waals surface area contributed by atoms with Gasteiger partial charge in [-0.2, -0.15) is 0 Å². The van der Waals surface area contributed by atoms with Crippen LogP contribution in [0.4, 0.5) is 0 Å². The second-order valence-corrected chi connectivity index (χ2v) is 7.34. The van der Waals surface area contributed by atoms with Crippen LogP contribution in [-0.4, -0.2) is 54.3 Å². The van der Waals surface area contributed by atoms with E-state index in [-0.39, 0.29) is 0 Å². The number of rotatable bonds is 7. The molecule has 0 unspecified atom stereocenters. The fourth-order valence-corrected chi connectivity index (χ4v) is 3.81. The SMILES string of the molecule is CCNC(=NCc1ccc(OC2CCCC2)nc1)N1CCC(OCC)CC1. The molecule has 0 amide bonds. The van der Waals surface area contributed by atoms with E-state index < -0.39 is 0 Å². The summed E-state index contributed by atoms with van der Waals surface area (Å²) in [5.41, 5.74) is 1.10. The van der Waals surface area contributed by atoms with Gasteiger partial charge in [0.1, 0.15) is 6.10 Å². The summed E-state index contributed by atoms with van der Waals surface area (Å²) in [5.74, 6) is 1.72. The average Bonchev–Trinajstić information content (AvgIpc) is 3.20. The fourth-order valence-electron chi connectivity index (χ4n) is 3.81. The van der Waals surface area contributed by atoms with Gasteiger partial charge in [0.2, 0.25) is 5.88 Å². The molecule has 1 N–H and O–H groups in total. The first-order valence-corrected chi connectivity index (χ1v) is 10.5. The summed E-state index contributed by atoms with van der Waals surface area (Å²) in [6.45, 7) is 8.45. The Balaban J connectivity index is 1.53. The predicted octanol–water partition coefficient (Wildman–Crippen LogP) is 3.37. The summed E-state index contributed by atoms with van der Waals surface area (Å²) in [7, 11) is 0. The molecule has 2 fully saturated rings. The quantitative estimate of drug-likeness (QED) is 0.586. The van der Waals surface area contributed by atoms with E-state index in [0.29, 0.717) is 18.8 Å². The van der Waals surface area contributed by atoms with Crippen LogP contribution < -0.4 is 10.1 Å². The van der Waals surface area contributed by atoms with E-state index in [9.17, 15) is 0 Å². The van der Waals surface area contributed by atoms with Crippen LogP contribution in [0.15, 0.2) is 23.3 Å². The van der Waals surface area contributed by atoms with Crippen molar-refractivity contribution in [2.45, 2.75) is 71.1 Å². The van der Waals surface area contributed by atoms with Gasteiger partial charge in [-0.1, -0.05) is 6.07 Å². The highest BCUT2D eigenvalue weighted by atomic mass is 16.5. The number of nitrogens with one attached hydrogen (secondary N) is 1. The third-order valence-corrected chi connectivity index (χ3v) is 5.28. The van der Waals surface area contributed by atoms with Crippen LogP contribution in [0.25, 0.3) is 0 Å². The van der Waals surface area contributed by atoms with E-state index in [0.717, 1.165) is 69.3 Å². The number of piperidine rings is 1. The number of guanidine groups is 1. The molecule has 2 aliphatic rings. The Kier molecular flexibility index (Phi) is 7.75. The topological polar surface area (TPSA) is 59.0 Å². The van der Waals surface area contributed by atoms with Gasteiger partial charge in [0.15, 0.2) is 5.96 Å². The Morgan fingerprint density at radius 1 is 1.15 bits per heavy atom. The third-order valence-electron chi connectivity index (χ3n) is 5.28. The van der Waals surface area contributed by atoms with Gasteiger partial charge in [-0.25, -0.2) is 9.98 Å². The molecule has 6 nitrogen and oxygen atoms in total. The minimum atomic E-state index is 0.348. The lowest BCUT2D eigenvalue weighted by Crippen LogP contribution is -2.47. The maximum Gasteiger partial charge on any atom is 0.213 e. The predicted molar refractivity (Wildman–Crippen MR) is 108 cm³/mol. The van der Waals surface area contributed by atoms with E-state index in [1.165, 1.54) is 12.8 Å². The molecule has 0 spiro atoms. The molecule has 1 saturated carbocycles. The Hall–Kier alpha value is -1.82. The third kappa shape index (κ3) is 6.09. The van der Waals surface area contributed by atoms with E-state index in [4.69, 9.17) is 14.5 Å². The van der Waals surface area contributed by atoms with Crippen LogP contribution in [0.1, 0.15) is 57.9 Å². The lowest BCUT2D eigenvalue weighted by molar-refractivity contribution is 0.0263. The van der Waals surface area contributed by atoms with Gasteiger partial charge >= 0.3 is 0 Å². The minimum Gasteiger partial charge on any atom is -0.474 e. The monoisotopic (exact) mass is 374 g/mol. The summed E-state index contributed by atoms with van der Waals surface area (Å²) < 4.78 is 11.7. The number of aliphatic imine (C=N–C) groups is 1. The molecule has 0 bridgehead atoms. The van der Waals surface area contributed by atoms with Gasteiger partial charge in [-0.05, 0) is 57.9 Å². The maximum atomic E-state index is 5.94. The first kappa shape index (κ1) is 19.9. The molecule has 1 saturated heterocycles. The van der Waals surface area contributed by atoms with Crippen molar-refractivity contribution in [3.05, 3.63) is 23.9 Å². The minimum absolute atomic E-state index is 0.348. The number of aromatic nitrogens is 1. The largest absolute Gasteiger partial charge is 0.474 e. The summed E-state index contributed by atoms with van der Waals surface area (Å²) in [5, 5.41) is 3.42. The van der Waals surface area contributed by atoms with Crippen molar-refractivity contribution in [3.8, 4) is 5.88 Å². The summed E-state index contributed by atoms with van der Waals surface area (Å²) >= 11 is 0. The van der Waals surface area contributed by atoms with Crippen molar-refractivity contribution in [1.29, 1.82) is 0 Å². The second kappa shape index (κ2) is 10.5. The molecular formula is C21H34N4O2. The number of hydrogen-bond donors (Lipinski definition) is 1. The molecular weight excluding hydrogens is 340 g/mol. The smallest absolute Gasteiger partial charge is 0.213 e. The molecule has 1 aromatic heterocycles. The molecule has 0 radical (unpaired) electrons. The first-order chi connectivity index (χ1) is 13.3. The summed E-state index contributed by atoms with van der Waals surface area (Å²) in [6.07, 6.45) is 9.60. The molecule has 6 heteroatoms. The van der Waals surface area contributed by atoms with Crippen molar-refractivity contribution in [2.24, 2.45) is 4.99 Å². The maximum absolute atomic E-state index is 5.94. The number of ether oxygens (including phenoxy) is 2. The van der Waals surface area contributed by atoms with E-state index >= 15 is 0 Å². The van der Waals surface area contributed by atoms with Gasteiger partial charge in [0.25, 0.3) is 0 Å². The highest BCUT2D eigenvalue weighted by Crippen LogP contribution is 2.23.